The van der Waals surface area contributed by atoms with E-state index in [0.29, 0.717) is 57.9 Å². The summed E-state index contributed by atoms with van der Waals surface area (Å²) in [5.41, 5.74) is 1.11. The van der Waals surface area contributed by atoms with Crippen LogP contribution in [-0.4, -0.2) is 76.0 Å². The molecule has 4 N–H and O–H groups in total. The van der Waals surface area contributed by atoms with Crippen molar-refractivity contribution in [1.82, 2.24) is 5.32 Å². The average molecular weight is 786 g/mol. The number of ether oxygens (including phenoxy) is 2. The van der Waals surface area contributed by atoms with Crippen LogP contribution in [0.4, 0.5) is 4.79 Å². The lowest BCUT2D eigenvalue weighted by molar-refractivity contribution is -0.156. The predicted molar refractivity (Wildman–Crippen MR) is 217 cm³/mol. The van der Waals surface area contributed by atoms with Gasteiger partial charge in [0.2, 0.25) is 11.7 Å². The molecule has 57 heavy (non-hydrogen) atoms. The number of aliphatic hydroxyl groups excluding tert-OH is 2. The molecule has 0 spiro atoms. The molecule has 10 nitrogen and oxygen atoms in total. The topological polar surface area (TPSA) is 159 Å². The van der Waals surface area contributed by atoms with Crippen LogP contribution in [0, 0.1) is 34.5 Å². The van der Waals surface area contributed by atoms with Crippen molar-refractivity contribution in [1.29, 1.82) is 0 Å². The molecule has 3 fully saturated rings. The van der Waals surface area contributed by atoms with Gasteiger partial charge in [-0.25, -0.2) is 4.79 Å². The number of unbranched alkanes of at least 4 members (excludes halogenated alkanes) is 1. The van der Waals surface area contributed by atoms with Crippen molar-refractivity contribution in [3.8, 4) is 0 Å². The van der Waals surface area contributed by atoms with E-state index in [1.165, 1.54) is 11.1 Å². The Morgan fingerprint density at radius 3 is 2.60 bits per heavy atom. The third-order valence-electron chi connectivity index (χ3n) is 14.3. The van der Waals surface area contributed by atoms with Crippen molar-refractivity contribution >= 4 is 23.6 Å². The first kappa shape index (κ1) is 42.7. The molecular weight excluding hydrogens is 723 g/mol. The Morgan fingerprint density at radius 1 is 1.04 bits per heavy atom. The van der Waals surface area contributed by atoms with Crippen molar-refractivity contribution < 1.29 is 44.0 Å². The molecule has 10 atom stereocenters. The Hall–Kier alpha value is -3.86. The van der Waals surface area contributed by atoms with Gasteiger partial charge in [-0.15, -0.1) is 0 Å². The summed E-state index contributed by atoms with van der Waals surface area (Å²) in [6.45, 7) is 6.15. The molecule has 0 radical (unpaired) electrons. The van der Waals surface area contributed by atoms with Gasteiger partial charge >= 0.3 is 6.16 Å². The number of carbonyl (C=O) groups excluding carboxylic acids is 4. The van der Waals surface area contributed by atoms with Crippen molar-refractivity contribution in [3.05, 3.63) is 83.5 Å². The van der Waals surface area contributed by atoms with Gasteiger partial charge in [0.1, 0.15) is 11.7 Å². The molecule has 3 saturated carbocycles. The number of aliphatic hydroxyl groups is 3. The summed E-state index contributed by atoms with van der Waals surface area (Å²) >= 11 is 0. The van der Waals surface area contributed by atoms with E-state index in [-0.39, 0.29) is 47.2 Å². The number of hydrogen-bond acceptors (Lipinski definition) is 9. The van der Waals surface area contributed by atoms with E-state index in [2.05, 4.69) is 18.3 Å². The maximum Gasteiger partial charge on any atom is 0.509 e. The van der Waals surface area contributed by atoms with Crippen LogP contribution < -0.4 is 5.32 Å². The first-order chi connectivity index (χ1) is 27.3. The van der Waals surface area contributed by atoms with Crippen LogP contribution in [0.25, 0.3) is 0 Å². The van der Waals surface area contributed by atoms with Crippen LogP contribution in [0.15, 0.2) is 77.9 Å². The van der Waals surface area contributed by atoms with Crippen LogP contribution in [0.1, 0.15) is 110 Å². The third kappa shape index (κ3) is 9.23. The second-order valence-corrected chi connectivity index (χ2v) is 17.6. The number of hydrogen-bond donors (Lipinski definition) is 4. The molecule has 310 valence electrons. The molecule has 0 aliphatic heterocycles. The van der Waals surface area contributed by atoms with E-state index in [1.807, 2.05) is 68.5 Å². The third-order valence-corrected chi connectivity index (χ3v) is 14.3. The number of fused-ring (bicyclic) bond motifs is 5. The minimum Gasteiger partial charge on any atom is -0.427 e. The Kier molecular flexibility index (Phi) is 13.8. The number of allylic oxidation sites excluding steroid dienone is 6. The number of carbonyl (C=O) groups is 4. The maximum atomic E-state index is 13.9. The Morgan fingerprint density at radius 2 is 1.82 bits per heavy atom. The molecular formula is C47H63NO9. The molecule has 5 aliphatic carbocycles. The van der Waals surface area contributed by atoms with Crippen molar-refractivity contribution in [2.75, 3.05) is 13.2 Å². The number of amides is 1. The van der Waals surface area contributed by atoms with Gasteiger partial charge < -0.3 is 30.1 Å². The zero-order valence-corrected chi connectivity index (χ0v) is 34.0. The monoisotopic (exact) mass is 785 g/mol. The maximum absolute atomic E-state index is 13.9. The second kappa shape index (κ2) is 18.4. The fourth-order valence-corrected chi connectivity index (χ4v) is 10.9. The SMILES string of the molecule is CCNC(=O)CCC/C=C\CC1[C@@H](/C=C/[C@H](CCc2ccccc2)OC(=O)OCC(=O)[C@@]2(O)CC[C@H]3[C@@H]4CCC5=CC(=O)CCC5(C)C4=CCC32C)[C@H](O)C[C@@H]1O. The first-order valence-corrected chi connectivity index (χ1v) is 21.3. The zero-order chi connectivity index (χ0) is 40.8. The van der Waals surface area contributed by atoms with Crippen LogP contribution in [-0.2, 0) is 30.3 Å². The number of rotatable bonds is 16. The highest BCUT2D eigenvalue weighted by molar-refractivity contribution is 5.92. The Bertz CT molecular complexity index is 1750. The van der Waals surface area contributed by atoms with Gasteiger partial charge in [-0.3, -0.25) is 14.4 Å². The van der Waals surface area contributed by atoms with Gasteiger partial charge in [0, 0.05) is 42.6 Å². The standard InChI is InChI=1S/C47H63NO9/c1-4-48-43(53)15-11-6-5-10-14-35-36(41(51)29-40(35)50)21-19-34(18-16-31-12-8-7-9-13-31)57-44(54)56-30-42(52)47(55)27-24-39-37-20-17-32-28-33(49)22-25-45(32,2)38(37)23-26-46(39,47)3/h5,7-10,12-13,19,21,23,28,34-37,39-41,50-51,55H,4,6,11,14-18,20,22,24-27,29-30H2,1-3H3,(H,48,53)/b10-5-,21-19+/t34-,35?,36+,37+,39-,40-,41+,45?,46?,47-/m0/s1. The van der Waals surface area contributed by atoms with Gasteiger partial charge in [0.25, 0.3) is 0 Å². The van der Waals surface area contributed by atoms with E-state index >= 15 is 0 Å². The molecule has 1 aromatic carbocycles. The summed E-state index contributed by atoms with van der Waals surface area (Å²) in [5, 5.41) is 36.6. The van der Waals surface area contributed by atoms with Gasteiger partial charge in [0.05, 0.1) is 12.2 Å². The number of aryl methyl sites for hydroxylation is 1. The summed E-state index contributed by atoms with van der Waals surface area (Å²) in [6.07, 6.45) is 16.8. The summed E-state index contributed by atoms with van der Waals surface area (Å²) in [6, 6.07) is 9.80. The van der Waals surface area contributed by atoms with Gasteiger partial charge in [-0.05, 0) is 113 Å². The minimum atomic E-state index is -1.65. The number of ketones is 2. The lowest BCUT2D eigenvalue weighted by Crippen LogP contribution is -2.55. The normalized spacial score (nSPS) is 33.9. The van der Waals surface area contributed by atoms with Gasteiger partial charge in [-0.2, -0.15) is 0 Å². The molecule has 0 bridgehead atoms. The summed E-state index contributed by atoms with van der Waals surface area (Å²) in [7, 11) is 0. The molecule has 5 aliphatic rings. The van der Waals surface area contributed by atoms with Crippen molar-refractivity contribution in [2.45, 2.75) is 135 Å². The molecule has 3 unspecified atom stereocenters. The van der Waals surface area contributed by atoms with Crippen LogP contribution in [0.2, 0.25) is 0 Å². The molecule has 10 heteroatoms. The molecule has 0 saturated heterocycles. The van der Waals surface area contributed by atoms with E-state index in [0.717, 1.165) is 37.7 Å². The quantitative estimate of drug-likeness (QED) is 0.0782. The lowest BCUT2D eigenvalue weighted by atomic mass is 9.50. The largest absolute Gasteiger partial charge is 0.509 e. The van der Waals surface area contributed by atoms with Crippen LogP contribution in [0.3, 0.4) is 0 Å². The van der Waals surface area contributed by atoms with E-state index in [4.69, 9.17) is 9.47 Å². The van der Waals surface area contributed by atoms with Gasteiger partial charge in [-0.1, -0.05) is 79.6 Å². The average Bonchev–Trinajstić information content (AvgIpc) is 3.63. The number of Topliss-reactive ketones (excluding diaryl/α,β-unsaturated/α-hetero) is 1. The highest BCUT2D eigenvalue weighted by atomic mass is 16.7. The van der Waals surface area contributed by atoms with Crippen molar-refractivity contribution in [3.63, 3.8) is 0 Å². The zero-order valence-electron chi connectivity index (χ0n) is 34.0. The Labute approximate surface area is 337 Å². The lowest BCUT2D eigenvalue weighted by Gasteiger charge is -2.54. The second-order valence-electron chi connectivity index (χ2n) is 17.6. The highest BCUT2D eigenvalue weighted by Gasteiger charge is 2.64. The van der Waals surface area contributed by atoms with Gasteiger partial charge in [0.15, 0.2) is 12.4 Å². The number of benzene rings is 1. The first-order valence-electron chi connectivity index (χ1n) is 21.3. The van der Waals surface area contributed by atoms with Crippen LogP contribution in [0.5, 0.6) is 0 Å². The Balaban J connectivity index is 1.08. The predicted octanol–water partition coefficient (Wildman–Crippen LogP) is 7.06. The molecule has 0 aromatic heterocycles. The summed E-state index contributed by atoms with van der Waals surface area (Å²) < 4.78 is 11.3. The number of nitrogens with one attached hydrogen (secondary N) is 1. The minimum absolute atomic E-state index is 0.0323. The van der Waals surface area contributed by atoms with E-state index in [1.54, 1.807) is 6.08 Å². The fraction of sp³-hybridized carbons (Fsp3) is 0.617. The summed E-state index contributed by atoms with van der Waals surface area (Å²) in [5.74, 6) is -0.570. The molecule has 0 heterocycles. The summed E-state index contributed by atoms with van der Waals surface area (Å²) in [4.78, 5) is 51.1. The van der Waals surface area contributed by atoms with Crippen LogP contribution >= 0.6 is 0 Å². The molecule has 1 aromatic rings. The highest BCUT2D eigenvalue weighted by Crippen LogP contribution is 2.65. The van der Waals surface area contributed by atoms with E-state index in [9.17, 15) is 34.5 Å². The fourth-order valence-electron chi connectivity index (χ4n) is 10.9. The molecule has 1 amide bonds. The van der Waals surface area contributed by atoms with E-state index < -0.39 is 47.9 Å². The van der Waals surface area contributed by atoms with Crippen molar-refractivity contribution in [2.24, 2.45) is 34.5 Å². The molecule has 6 rings (SSSR count). The smallest absolute Gasteiger partial charge is 0.427 e.